The molecule has 0 bridgehead atoms. The predicted octanol–water partition coefficient (Wildman–Crippen LogP) is 1.62. The summed E-state index contributed by atoms with van der Waals surface area (Å²) in [7, 11) is 0. The third-order valence-corrected chi connectivity index (χ3v) is 3.74. The minimum atomic E-state index is -0.998. The summed E-state index contributed by atoms with van der Waals surface area (Å²) in [5.41, 5.74) is -0.869. The van der Waals surface area contributed by atoms with Crippen molar-refractivity contribution in [2.75, 3.05) is 13.2 Å². The number of halogens is 1. The molecule has 1 unspecified atom stereocenters. The fourth-order valence-corrected chi connectivity index (χ4v) is 2.47. The van der Waals surface area contributed by atoms with Crippen molar-refractivity contribution in [1.29, 1.82) is 0 Å². The fourth-order valence-electron chi connectivity index (χ4n) is 2.30. The highest BCUT2D eigenvalue weighted by Crippen LogP contribution is 2.24. The number of nitrogens with zero attached hydrogens (tertiary/aromatic N) is 2. The molecular weight excluding hydrogens is 310 g/mol. The van der Waals surface area contributed by atoms with Crippen molar-refractivity contribution in [3.8, 4) is 0 Å². The van der Waals surface area contributed by atoms with Gasteiger partial charge in [-0.25, -0.2) is 9.97 Å². The zero-order valence-corrected chi connectivity index (χ0v) is 13.2. The van der Waals surface area contributed by atoms with Crippen molar-refractivity contribution in [2.24, 2.45) is 0 Å². The zero-order valence-electron chi connectivity index (χ0n) is 12.4. The maximum absolute atomic E-state index is 12.4. The molecule has 0 radical (unpaired) electrons. The van der Waals surface area contributed by atoms with Gasteiger partial charge in [0.1, 0.15) is 11.5 Å². The van der Waals surface area contributed by atoms with E-state index in [1.807, 2.05) is 13.8 Å². The summed E-state index contributed by atoms with van der Waals surface area (Å²) in [5.74, 6) is -0.959. The zero-order chi connectivity index (χ0) is 16.3. The van der Waals surface area contributed by atoms with Gasteiger partial charge in [0.15, 0.2) is 0 Å². The molecule has 1 aliphatic rings. The Bertz CT molecular complexity index is 585. The Morgan fingerprint density at radius 2 is 2.27 bits per heavy atom. The van der Waals surface area contributed by atoms with Gasteiger partial charge >= 0.3 is 5.97 Å². The molecule has 0 aliphatic carbocycles. The Balaban J connectivity index is 2.24. The van der Waals surface area contributed by atoms with Crippen LogP contribution in [0.2, 0.25) is 5.02 Å². The molecule has 0 aromatic carbocycles. The minimum Gasteiger partial charge on any atom is -0.481 e. The number of nitrogens with one attached hydrogen (secondary N) is 1. The summed E-state index contributed by atoms with van der Waals surface area (Å²) in [6, 6.07) is 0. The van der Waals surface area contributed by atoms with Crippen molar-refractivity contribution in [1.82, 2.24) is 15.3 Å². The van der Waals surface area contributed by atoms with Crippen molar-refractivity contribution >= 4 is 23.5 Å². The van der Waals surface area contributed by atoms with Gasteiger partial charge in [0.2, 0.25) is 0 Å². The molecule has 1 fully saturated rings. The fraction of sp³-hybridized carbons (Fsp3) is 0.571. The summed E-state index contributed by atoms with van der Waals surface area (Å²) >= 11 is 6.00. The van der Waals surface area contributed by atoms with Crippen LogP contribution in [0.15, 0.2) is 6.20 Å². The number of hydrogen-bond acceptors (Lipinski definition) is 5. The second-order valence-corrected chi connectivity index (χ2v) is 6.09. The van der Waals surface area contributed by atoms with Crippen LogP contribution in [0.1, 0.15) is 48.9 Å². The number of rotatable bonds is 5. The molecule has 2 heterocycles. The number of carbonyl (C=O) groups is 2. The first-order valence-corrected chi connectivity index (χ1v) is 7.35. The first-order chi connectivity index (χ1) is 10.3. The van der Waals surface area contributed by atoms with E-state index in [1.165, 1.54) is 6.20 Å². The summed E-state index contributed by atoms with van der Waals surface area (Å²) in [5, 5.41) is 11.9. The summed E-state index contributed by atoms with van der Waals surface area (Å²) < 4.78 is 5.25. The third kappa shape index (κ3) is 3.72. The Morgan fingerprint density at radius 1 is 1.55 bits per heavy atom. The van der Waals surface area contributed by atoms with Gasteiger partial charge in [-0.05, 0) is 6.42 Å². The lowest BCUT2D eigenvalue weighted by Crippen LogP contribution is -2.50. The van der Waals surface area contributed by atoms with Crippen LogP contribution in [0.25, 0.3) is 0 Å². The van der Waals surface area contributed by atoms with Gasteiger partial charge in [0.25, 0.3) is 5.91 Å². The summed E-state index contributed by atoms with van der Waals surface area (Å²) in [6.45, 7) is 4.37. The minimum absolute atomic E-state index is 0.0478. The molecule has 7 nitrogen and oxygen atoms in total. The monoisotopic (exact) mass is 327 g/mol. The van der Waals surface area contributed by atoms with E-state index in [9.17, 15) is 9.59 Å². The van der Waals surface area contributed by atoms with Crippen molar-refractivity contribution in [3.63, 3.8) is 0 Å². The molecule has 1 aliphatic heterocycles. The third-order valence-electron chi connectivity index (χ3n) is 3.47. The molecule has 1 aromatic rings. The first-order valence-electron chi connectivity index (χ1n) is 6.97. The van der Waals surface area contributed by atoms with Crippen LogP contribution >= 0.6 is 11.6 Å². The van der Waals surface area contributed by atoms with Crippen LogP contribution in [0.4, 0.5) is 0 Å². The number of amides is 1. The standard InChI is InChI=1S/C14H18ClN3O4/c1-8(2)12-16-6-9(15)11(17-12)13(21)18-14(5-10(19)20)3-4-22-7-14/h6,8H,3-5,7H2,1-2H3,(H,18,21)(H,19,20). The topological polar surface area (TPSA) is 101 Å². The maximum Gasteiger partial charge on any atom is 0.305 e. The van der Waals surface area contributed by atoms with Crippen LogP contribution in [-0.2, 0) is 9.53 Å². The van der Waals surface area contributed by atoms with E-state index in [-0.39, 0.29) is 29.7 Å². The molecule has 2 rings (SSSR count). The SMILES string of the molecule is CC(C)c1ncc(Cl)c(C(=O)NC2(CC(=O)O)CCOC2)n1. The number of carboxylic acid groups (broad SMARTS) is 1. The van der Waals surface area contributed by atoms with Gasteiger partial charge in [0.05, 0.1) is 29.8 Å². The number of aliphatic carboxylic acids is 1. The quantitative estimate of drug-likeness (QED) is 0.852. The largest absolute Gasteiger partial charge is 0.481 e. The van der Waals surface area contributed by atoms with Gasteiger partial charge in [-0.3, -0.25) is 9.59 Å². The molecule has 0 saturated carbocycles. The van der Waals surface area contributed by atoms with Crippen LogP contribution in [0.3, 0.4) is 0 Å². The van der Waals surface area contributed by atoms with Crippen LogP contribution in [0, 0.1) is 0 Å². The smallest absolute Gasteiger partial charge is 0.305 e. The number of carbonyl (C=O) groups excluding carboxylic acids is 1. The van der Waals surface area contributed by atoms with Gasteiger partial charge < -0.3 is 15.2 Å². The highest BCUT2D eigenvalue weighted by molar-refractivity contribution is 6.33. The molecule has 8 heteroatoms. The van der Waals surface area contributed by atoms with E-state index in [1.54, 1.807) is 0 Å². The van der Waals surface area contributed by atoms with Gasteiger partial charge in [-0.15, -0.1) is 0 Å². The first kappa shape index (κ1) is 16.6. The molecule has 120 valence electrons. The lowest BCUT2D eigenvalue weighted by Gasteiger charge is -2.27. The van der Waals surface area contributed by atoms with Gasteiger partial charge in [0, 0.05) is 12.5 Å². The molecular formula is C14H18ClN3O4. The Hall–Kier alpha value is -1.73. The predicted molar refractivity (Wildman–Crippen MR) is 79.0 cm³/mol. The lowest BCUT2D eigenvalue weighted by atomic mass is 9.94. The van der Waals surface area contributed by atoms with E-state index in [0.717, 1.165) is 0 Å². The van der Waals surface area contributed by atoms with Crippen molar-refractivity contribution in [3.05, 3.63) is 22.7 Å². The van der Waals surface area contributed by atoms with E-state index in [4.69, 9.17) is 21.4 Å². The maximum atomic E-state index is 12.4. The molecule has 1 atom stereocenters. The van der Waals surface area contributed by atoms with E-state index < -0.39 is 17.4 Å². The molecule has 1 amide bonds. The Labute approximate surface area is 133 Å². The Morgan fingerprint density at radius 3 is 2.82 bits per heavy atom. The average molecular weight is 328 g/mol. The summed E-state index contributed by atoms with van der Waals surface area (Å²) in [6.07, 6.45) is 1.61. The Kier molecular flexibility index (Phi) is 4.97. The van der Waals surface area contributed by atoms with E-state index in [2.05, 4.69) is 15.3 Å². The summed E-state index contributed by atoms with van der Waals surface area (Å²) in [4.78, 5) is 31.7. The second-order valence-electron chi connectivity index (χ2n) is 5.69. The highest BCUT2D eigenvalue weighted by atomic mass is 35.5. The van der Waals surface area contributed by atoms with E-state index in [0.29, 0.717) is 18.9 Å². The number of aromatic nitrogens is 2. The molecule has 22 heavy (non-hydrogen) atoms. The normalized spacial score (nSPS) is 21.1. The van der Waals surface area contributed by atoms with Gasteiger partial charge in [-0.2, -0.15) is 0 Å². The molecule has 0 spiro atoms. The highest BCUT2D eigenvalue weighted by Gasteiger charge is 2.39. The number of carboxylic acids is 1. The van der Waals surface area contributed by atoms with Gasteiger partial charge in [-0.1, -0.05) is 25.4 Å². The molecule has 1 aromatic heterocycles. The lowest BCUT2D eigenvalue weighted by molar-refractivity contribution is -0.138. The van der Waals surface area contributed by atoms with Crippen LogP contribution in [0.5, 0.6) is 0 Å². The molecule has 1 saturated heterocycles. The van der Waals surface area contributed by atoms with E-state index >= 15 is 0 Å². The van der Waals surface area contributed by atoms with Crippen LogP contribution in [-0.4, -0.2) is 45.7 Å². The average Bonchev–Trinajstić information content (AvgIpc) is 2.85. The second kappa shape index (κ2) is 6.58. The number of hydrogen-bond donors (Lipinski definition) is 2. The van der Waals surface area contributed by atoms with Crippen LogP contribution < -0.4 is 5.32 Å². The number of ether oxygens (including phenoxy) is 1. The molecule has 2 N–H and O–H groups in total. The van der Waals surface area contributed by atoms with Crippen molar-refractivity contribution in [2.45, 2.75) is 38.1 Å². The van der Waals surface area contributed by atoms with Crippen molar-refractivity contribution < 1.29 is 19.4 Å².